The summed E-state index contributed by atoms with van der Waals surface area (Å²) in [6.07, 6.45) is 0. The van der Waals surface area contributed by atoms with Gasteiger partial charge >= 0.3 is 0 Å². The van der Waals surface area contributed by atoms with Crippen molar-refractivity contribution in [2.24, 2.45) is 5.73 Å². The van der Waals surface area contributed by atoms with Gasteiger partial charge in [-0.05, 0) is 24.6 Å². The minimum atomic E-state index is -0.501. The summed E-state index contributed by atoms with van der Waals surface area (Å²) in [6, 6.07) is 5.02. The van der Waals surface area contributed by atoms with Crippen LogP contribution in [0.1, 0.15) is 12.5 Å². The Hall–Kier alpha value is -0.290. The highest BCUT2D eigenvalue weighted by Gasteiger charge is 2.07. The van der Waals surface area contributed by atoms with E-state index >= 15 is 0 Å². The van der Waals surface area contributed by atoms with Gasteiger partial charge in [-0.3, -0.25) is 4.79 Å². The van der Waals surface area contributed by atoms with E-state index in [2.05, 4.69) is 21.2 Å². The van der Waals surface area contributed by atoms with E-state index < -0.39 is 6.04 Å². The van der Waals surface area contributed by atoms with Gasteiger partial charge in [0.25, 0.3) is 0 Å². The number of nitrogens with one attached hydrogen (secondary N) is 1. The maximum atomic E-state index is 11.2. The van der Waals surface area contributed by atoms with Crippen LogP contribution in [0.3, 0.4) is 0 Å². The van der Waals surface area contributed by atoms with Crippen LogP contribution in [0.15, 0.2) is 22.7 Å². The van der Waals surface area contributed by atoms with E-state index in [-0.39, 0.29) is 18.3 Å². The monoisotopic (exact) mass is 326 g/mol. The average molecular weight is 328 g/mol. The predicted octanol–water partition coefficient (Wildman–Crippen LogP) is 2.49. The van der Waals surface area contributed by atoms with Crippen LogP contribution in [0.2, 0.25) is 5.02 Å². The van der Waals surface area contributed by atoms with Crippen LogP contribution in [-0.2, 0) is 11.3 Å². The number of benzene rings is 1. The topological polar surface area (TPSA) is 55.1 Å². The maximum Gasteiger partial charge on any atom is 0.236 e. The zero-order chi connectivity index (χ0) is 11.4. The van der Waals surface area contributed by atoms with Crippen LogP contribution < -0.4 is 11.1 Å². The Bertz CT molecular complexity index is 372. The third kappa shape index (κ3) is 4.70. The lowest BCUT2D eigenvalue weighted by molar-refractivity contribution is -0.122. The van der Waals surface area contributed by atoms with Gasteiger partial charge in [0.1, 0.15) is 0 Å². The molecule has 6 heteroatoms. The highest BCUT2D eigenvalue weighted by molar-refractivity contribution is 9.10. The molecule has 0 spiro atoms. The van der Waals surface area contributed by atoms with E-state index in [4.69, 9.17) is 17.3 Å². The first-order valence-corrected chi connectivity index (χ1v) is 5.65. The summed E-state index contributed by atoms with van der Waals surface area (Å²) >= 11 is 9.29. The number of carbonyl (C=O) groups excluding carboxylic acids is 1. The first-order chi connectivity index (χ1) is 7.00. The Labute approximate surface area is 114 Å². The lowest BCUT2D eigenvalue weighted by atomic mass is 10.2. The quantitative estimate of drug-likeness (QED) is 0.896. The molecule has 1 amide bonds. The van der Waals surface area contributed by atoms with Crippen LogP contribution in [0, 0.1) is 0 Å². The molecule has 90 valence electrons. The number of rotatable bonds is 3. The highest BCUT2D eigenvalue weighted by Crippen LogP contribution is 2.21. The van der Waals surface area contributed by atoms with E-state index in [0.717, 1.165) is 10.0 Å². The first-order valence-electron chi connectivity index (χ1n) is 4.48. The van der Waals surface area contributed by atoms with E-state index in [1.807, 2.05) is 12.1 Å². The third-order valence-corrected chi connectivity index (χ3v) is 2.73. The molecule has 3 N–H and O–H groups in total. The van der Waals surface area contributed by atoms with Crippen molar-refractivity contribution in [3.63, 3.8) is 0 Å². The zero-order valence-electron chi connectivity index (χ0n) is 8.67. The van der Waals surface area contributed by atoms with E-state index in [9.17, 15) is 4.79 Å². The molecule has 0 saturated heterocycles. The second-order valence-corrected chi connectivity index (χ2v) is 4.57. The molecule has 3 nitrogen and oxygen atoms in total. The molecule has 1 aromatic carbocycles. The van der Waals surface area contributed by atoms with Gasteiger partial charge in [0.2, 0.25) is 5.91 Å². The van der Waals surface area contributed by atoms with Gasteiger partial charge in [0, 0.05) is 16.0 Å². The number of hydrogen-bond acceptors (Lipinski definition) is 2. The molecule has 0 saturated carbocycles. The molecule has 0 bridgehead atoms. The fourth-order valence-corrected chi connectivity index (χ4v) is 1.75. The summed E-state index contributed by atoms with van der Waals surface area (Å²) in [5, 5.41) is 3.31. The van der Waals surface area contributed by atoms with Crippen molar-refractivity contribution in [1.29, 1.82) is 0 Å². The molecule has 1 atom stereocenters. The van der Waals surface area contributed by atoms with E-state index in [1.165, 1.54) is 0 Å². The van der Waals surface area contributed by atoms with E-state index in [1.54, 1.807) is 13.0 Å². The van der Waals surface area contributed by atoms with Gasteiger partial charge < -0.3 is 11.1 Å². The van der Waals surface area contributed by atoms with Gasteiger partial charge in [-0.15, -0.1) is 12.4 Å². The Morgan fingerprint density at radius 1 is 1.62 bits per heavy atom. The molecular weight excluding hydrogens is 315 g/mol. The van der Waals surface area contributed by atoms with Crippen molar-refractivity contribution < 1.29 is 4.79 Å². The molecule has 1 rings (SSSR count). The molecular formula is C10H13BrCl2N2O. The summed E-state index contributed by atoms with van der Waals surface area (Å²) in [5.74, 6) is -0.186. The molecule has 0 radical (unpaired) electrons. The normalized spacial score (nSPS) is 11.5. The smallest absolute Gasteiger partial charge is 0.236 e. The van der Waals surface area contributed by atoms with Crippen LogP contribution in [0.25, 0.3) is 0 Å². The molecule has 1 aromatic rings. The van der Waals surface area contributed by atoms with Gasteiger partial charge in [-0.1, -0.05) is 33.6 Å². The van der Waals surface area contributed by atoms with Crippen molar-refractivity contribution in [2.45, 2.75) is 19.5 Å². The Balaban J connectivity index is 0.00000225. The van der Waals surface area contributed by atoms with Crippen molar-refractivity contribution in [1.82, 2.24) is 5.32 Å². The molecule has 1 unspecified atom stereocenters. The standard InChI is InChI=1S/C10H12BrClN2O.ClH/c1-6(13)10(15)14-5-7-2-3-8(11)4-9(7)12;/h2-4,6H,5,13H2,1H3,(H,14,15);1H. The zero-order valence-corrected chi connectivity index (χ0v) is 11.8. The van der Waals surface area contributed by atoms with Gasteiger partial charge in [-0.2, -0.15) is 0 Å². The minimum absolute atomic E-state index is 0. The number of nitrogens with two attached hydrogens (primary N) is 1. The fraction of sp³-hybridized carbons (Fsp3) is 0.300. The number of hydrogen-bond donors (Lipinski definition) is 2. The molecule has 0 aliphatic rings. The molecule has 0 aromatic heterocycles. The molecule has 0 heterocycles. The molecule has 0 aliphatic carbocycles. The Morgan fingerprint density at radius 3 is 2.75 bits per heavy atom. The maximum absolute atomic E-state index is 11.2. The minimum Gasteiger partial charge on any atom is -0.351 e. The average Bonchev–Trinajstić information content (AvgIpc) is 2.15. The van der Waals surface area contributed by atoms with Crippen molar-refractivity contribution in [3.8, 4) is 0 Å². The molecule has 16 heavy (non-hydrogen) atoms. The fourth-order valence-electron chi connectivity index (χ4n) is 1.01. The summed E-state index contributed by atoms with van der Waals surface area (Å²) in [4.78, 5) is 11.2. The van der Waals surface area contributed by atoms with Crippen molar-refractivity contribution >= 4 is 45.8 Å². The van der Waals surface area contributed by atoms with Gasteiger partial charge in [0.05, 0.1) is 6.04 Å². The van der Waals surface area contributed by atoms with Crippen LogP contribution in [0.4, 0.5) is 0 Å². The van der Waals surface area contributed by atoms with Crippen LogP contribution in [-0.4, -0.2) is 11.9 Å². The summed E-state index contributed by atoms with van der Waals surface area (Å²) in [7, 11) is 0. The lowest BCUT2D eigenvalue weighted by Gasteiger charge is -2.09. The van der Waals surface area contributed by atoms with Gasteiger partial charge in [-0.25, -0.2) is 0 Å². The Kier molecular flexibility index (Phi) is 6.99. The third-order valence-electron chi connectivity index (χ3n) is 1.88. The summed E-state index contributed by atoms with van der Waals surface area (Å²) in [5.41, 5.74) is 6.28. The number of carbonyl (C=O) groups is 1. The molecule has 0 aliphatic heterocycles. The van der Waals surface area contributed by atoms with Crippen LogP contribution >= 0.6 is 39.9 Å². The van der Waals surface area contributed by atoms with E-state index in [0.29, 0.717) is 11.6 Å². The van der Waals surface area contributed by atoms with Crippen molar-refractivity contribution in [2.75, 3.05) is 0 Å². The first kappa shape index (κ1) is 15.7. The highest BCUT2D eigenvalue weighted by atomic mass is 79.9. The van der Waals surface area contributed by atoms with Gasteiger partial charge in [0.15, 0.2) is 0 Å². The predicted molar refractivity (Wildman–Crippen MR) is 71.9 cm³/mol. The largest absolute Gasteiger partial charge is 0.351 e. The number of halogens is 3. The lowest BCUT2D eigenvalue weighted by Crippen LogP contribution is -2.37. The number of amides is 1. The van der Waals surface area contributed by atoms with Crippen LogP contribution in [0.5, 0.6) is 0 Å². The van der Waals surface area contributed by atoms with Crippen molar-refractivity contribution in [3.05, 3.63) is 33.3 Å². The molecule has 0 fully saturated rings. The second kappa shape index (κ2) is 7.12. The Morgan fingerprint density at radius 2 is 2.25 bits per heavy atom. The summed E-state index contributed by atoms with van der Waals surface area (Å²) in [6.45, 7) is 2.03. The second-order valence-electron chi connectivity index (χ2n) is 3.24. The SMILES string of the molecule is CC(N)C(=O)NCc1ccc(Br)cc1Cl.Cl. The summed E-state index contributed by atoms with van der Waals surface area (Å²) < 4.78 is 0.912.